The molecule has 142 valence electrons. The van der Waals surface area contributed by atoms with E-state index >= 15 is 0 Å². The van der Waals surface area contributed by atoms with Gasteiger partial charge in [0, 0.05) is 17.2 Å². The van der Waals surface area contributed by atoms with Crippen molar-refractivity contribution in [3.8, 4) is 11.5 Å². The maximum atomic E-state index is 12.5. The summed E-state index contributed by atoms with van der Waals surface area (Å²) in [4.78, 5) is 23.6. The smallest absolute Gasteiger partial charge is 0.251 e. The third kappa shape index (κ3) is 5.58. The van der Waals surface area contributed by atoms with Gasteiger partial charge in [-0.25, -0.2) is 0 Å². The summed E-state index contributed by atoms with van der Waals surface area (Å²) in [6.07, 6.45) is 8.34. The van der Waals surface area contributed by atoms with Crippen molar-refractivity contribution in [2.75, 3.05) is 0 Å². The fourth-order valence-electron chi connectivity index (χ4n) is 3.37. The normalized spacial score (nSPS) is 15.4. The predicted octanol–water partition coefficient (Wildman–Crippen LogP) is 4.42. The van der Waals surface area contributed by atoms with Gasteiger partial charge in [0.05, 0.1) is 0 Å². The highest BCUT2D eigenvalue weighted by atomic mass is 16.5. The molecule has 0 atom stereocenters. The van der Waals surface area contributed by atoms with Crippen molar-refractivity contribution in [3.63, 3.8) is 0 Å². The largest absolute Gasteiger partial charge is 0.457 e. The van der Waals surface area contributed by atoms with Gasteiger partial charge in [0.15, 0.2) is 0 Å². The SMILES string of the molecule is NC(=O)c1ccc(Oc2ccc(C(=O)NC3CCCCCCC3)cc2)cc1. The molecule has 0 radical (unpaired) electrons. The van der Waals surface area contributed by atoms with Gasteiger partial charge in [-0.3, -0.25) is 9.59 Å². The number of primary amides is 1. The zero-order chi connectivity index (χ0) is 19.1. The zero-order valence-electron chi connectivity index (χ0n) is 15.4. The summed E-state index contributed by atoms with van der Waals surface area (Å²) in [5, 5.41) is 3.17. The Hall–Kier alpha value is -2.82. The Balaban J connectivity index is 1.57. The van der Waals surface area contributed by atoms with Crippen molar-refractivity contribution in [2.24, 2.45) is 5.73 Å². The van der Waals surface area contributed by atoms with Crippen LogP contribution in [0.15, 0.2) is 48.5 Å². The average molecular weight is 366 g/mol. The molecule has 1 fully saturated rings. The molecule has 1 aliphatic rings. The number of hydrogen-bond acceptors (Lipinski definition) is 3. The molecule has 2 amide bonds. The van der Waals surface area contributed by atoms with Crippen LogP contribution in [0, 0.1) is 0 Å². The van der Waals surface area contributed by atoms with Crippen LogP contribution in [-0.2, 0) is 0 Å². The topological polar surface area (TPSA) is 81.4 Å². The van der Waals surface area contributed by atoms with Gasteiger partial charge in [-0.1, -0.05) is 32.1 Å². The molecule has 0 aromatic heterocycles. The third-order valence-electron chi connectivity index (χ3n) is 4.93. The van der Waals surface area contributed by atoms with E-state index < -0.39 is 5.91 Å². The molecule has 0 aliphatic heterocycles. The minimum absolute atomic E-state index is 0.0297. The quantitative estimate of drug-likeness (QED) is 0.822. The van der Waals surface area contributed by atoms with Crippen LogP contribution in [0.25, 0.3) is 0 Å². The first-order valence-corrected chi connectivity index (χ1v) is 9.60. The van der Waals surface area contributed by atoms with Crippen LogP contribution in [0.2, 0.25) is 0 Å². The first-order chi connectivity index (χ1) is 13.1. The molecule has 0 saturated heterocycles. The maximum absolute atomic E-state index is 12.5. The van der Waals surface area contributed by atoms with E-state index in [2.05, 4.69) is 5.32 Å². The molecule has 2 aromatic rings. The van der Waals surface area contributed by atoms with Crippen molar-refractivity contribution < 1.29 is 14.3 Å². The molecule has 0 spiro atoms. The van der Waals surface area contributed by atoms with Crippen LogP contribution in [0.1, 0.15) is 65.7 Å². The Kier molecular flexibility index (Phi) is 6.47. The van der Waals surface area contributed by atoms with Gasteiger partial charge in [-0.2, -0.15) is 0 Å². The summed E-state index contributed by atoms with van der Waals surface area (Å²) >= 11 is 0. The summed E-state index contributed by atoms with van der Waals surface area (Å²) in [6.45, 7) is 0. The summed E-state index contributed by atoms with van der Waals surface area (Å²) in [7, 11) is 0. The number of nitrogens with two attached hydrogens (primary N) is 1. The van der Waals surface area contributed by atoms with E-state index in [1.165, 1.54) is 32.1 Å². The Labute approximate surface area is 159 Å². The van der Waals surface area contributed by atoms with Crippen LogP contribution in [-0.4, -0.2) is 17.9 Å². The molecule has 1 saturated carbocycles. The second-order valence-electron chi connectivity index (χ2n) is 7.03. The molecule has 1 aliphatic carbocycles. The van der Waals surface area contributed by atoms with Crippen LogP contribution in [0.3, 0.4) is 0 Å². The maximum Gasteiger partial charge on any atom is 0.251 e. The van der Waals surface area contributed by atoms with Crippen molar-refractivity contribution in [1.29, 1.82) is 0 Å². The lowest BCUT2D eigenvalue weighted by Gasteiger charge is -2.21. The van der Waals surface area contributed by atoms with Crippen molar-refractivity contribution in [3.05, 3.63) is 59.7 Å². The van der Waals surface area contributed by atoms with Gasteiger partial charge in [0.25, 0.3) is 5.91 Å². The van der Waals surface area contributed by atoms with Crippen LogP contribution in [0.4, 0.5) is 0 Å². The van der Waals surface area contributed by atoms with Crippen LogP contribution >= 0.6 is 0 Å². The lowest BCUT2D eigenvalue weighted by Crippen LogP contribution is -2.35. The average Bonchev–Trinajstić information content (AvgIpc) is 2.65. The molecular formula is C22H26N2O3. The number of ether oxygens (including phenoxy) is 1. The highest BCUT2D eigenvalue weighted by Crippen LogP contribution is 2.22. The van der Waals surface area contributed by atoms with Gasteiger partial charge in [0.1, 0.15) is 11.5 Å². The molecule has 0 heterocycles. The fourth-order valence-corrected chi connectivity index (χ4v) is 3.37. The number of carbonyl (C=O) groups is 2. The van der Waals surface area contributed by atoms with E-state index in [0.717, 1.165) is 12.8 Å². The number of benzene rings is 2. The molecule has 5 heteroatoms. The van der Waals surface area contributed by atoms with E-state index in [1.807, 2.05) is 0 Å². The highest BCUT2D eigenvalue weighted by molar-refractivity contribution is 5.94. The van der Waals surface area contributed by atoms with Crippen molar-refractivity contribution >= 4 is 11.8 Å². The zero-order valence-corrected chi connectivity index (χ0v) is 15.4. The minimum atomic E-state index is -0.471. The van der Waals surface area contributed by atoms with E-state index in [9.17, 15) is 9.59 Å². The molecule has 0 bridgehead atoms. The van der Waals surface area contributed by atoms with Gasteiger partial charge in [-0.05, 0) is 61.4 Å². The lowest BCUT2D eigenvalue weighted by molar-refractivity contribution is 0.0929. The van der Waals surface area contributed by atoms with Gasteiger partial charge in [-0.15, -0.1) is 0 Å². The molecule has 5 nitrogen and oxygen atoms in total. The first-order valence-electron chi connectivity index (χ1n) is 9.60. The summed E-state index contributed by atoms with van der Waals surface area (Å²) in [6, 6.07) is 14.0. The second-order valence-corrected chi connectivity index (χ2v) is 7.03. The Morgan fingerprint density at radius 2 is 1.26 bits per heavy atom. The monoisotopic (exact) mass is 366 g/mol. The highest BCUT2D eigenvalue weighted by Gasteiger charge is 2.15. The fraction of sp³-hybridized carbons (Fsp3) is 0.364. The van der Waals surface area contributed by atoms with E-state index in [1.54, 1.807) is 48.5 Å². The Bertz CT molecular complexity index is 761. The van der Waals surface area contributed by atoms with Gasteiger partial charge < -0.3 is 15.8 Å². The minimum Gasteiger partial charge on any atom is -0.457 e. The third-order valence-corrected chi connectivity index (χ3v) is 4.93. The van der Waals surface area contributed by atoms with Crippen LogP contribution < -0.4 is 15.8 Å². The predicted molar refractivity (Wildman–Crippen MR) is 105 cm³/mol. The second kappa shape index (κ2) is 9.21. The number of rotatable bonds is 5. The molecular weight excluding hydrogens is 340 g/mol. The summed E-state index contributed by atoms with van der Waals surface area (Å²) < 4.78 is 5.74. The number of carbonyl (C=O) groups excluding carboxylic acids is 2. The Morgan fingerprint density at radius 1 is 0.778 bits per heavy atom. The van der Waals surface area contributed by atoms with E-state index in [-0.39, 0.29) is 11.9 Å². The van der Waals surface area contributed by atoms with Gasteiger partial charge in [0.2, 0.25) is 5.91 Å². The number of amides is 2. The lowest BCUT2D eigenvalue weighted by atomic mass is 9.96. The van der Waals surface area contributed by atoms with E-state index in [4.69, 9.17) is 10.5 Å². The molecule has 2 aromatic carbocycles. The first kappa shape index (κ1) is 19.0. The summed E-state index contributed by atoms with van der Waals surface area (Å²) in [5.74, 6) is 0.732. The molecule has 3 rings (SSSR count). The number of nitrogens with one attached hydrogen (secondary N) is 1. The molecule has 0 unspecified atom stereocenters. The van der Waals surface area contributed by atoms with Crippen molar-refractivity contribution in [1.82, 2.24) is 5.32 Å². The Morgan fingerprint density at radius 3 is 1.78 bits per heavy atom. The van der Waals surface area contributed by atoms with Gasteiger partial charge >= 0.3 is 0 Å². The summed E-state index contributed by atoms with van der Waals surface area (Å²) in [5.41, 5.74) is 6.29. The van der Waals surface area contributed by atoms with E-state index in [0.29, 0.717) is 22.6 Å². The standard InChI is InChI=1S/C22H26N2O3/c23-21(25)16-8-12-19(13-9-16)27-20-14-10-17(11-15-20)22(26)24-18-6-4-2-1-3-5-7-18/h8-15,18H,1-7H2,(H2,23,25)(H,24,26). The molecule has 27 heavy (non-hydrogen) atoms. The van der Waals surface area contributed by atoms with Crippen LogP contribution in [0.5, 0.6) is 11.5 Å². The number of hydrogen-bond donors (Lipinski definition) is 2. The molecule has 3 N–H and O–H groups in total. The van der Waals surface area contributed by atoms with Crippen molar-refractivity contribution in [2.45, 2.75) is 51.0 Å².